The number of imidazole rings is 1. The molecule has 4 rings (SSSR count). The van der Waals surface area contributed by atoms with Gasteiger partial charge in [0, 0.05) is 45.1 Å². The van der Waals surface area contributed by atoms with E-state index in [9.17, 15) is 0 Å². The number of likely N-dealkylation sites (N-methyl/N-ethyl adjacent to an activating group) is 1. The average Bonchev–Trinajstić information content (AvgIpc) is 3.45. The zero-order chi connectivity index (χ0) is 20.1. The van der Waals surface area contributed by atoms with Crippen molar-refractivity contribution in [1.82, 2.24) is 24.7 Å². The minimum absolute atomic E-state index is 0.466. The zero-order valence-corrected chi connectivity index (χ0v) is 16.4. The van der Waals surface area contributed by atoms with Crippen molar-refractivity contribution in [3.05, 3.63) is 72.7 Å². The van der Waals surface area contributed by atoms with Gasteiger partial charge in [-0.2, -0.15) is 4.98 Å². The van der Waals surface area contributed by atoms with Crippen LogP contribution in [0.25, 0.3) is 11.5 Å². The third-order valence-electron chi connectivity index (χ3n) is 4.63. The van der Waals surface area contributed by atoms with Gasteiger partial charge in [-0.3, -0.25) is 0 Å². The number of pyridine rings is 1. The second kappa shape index (κ2) is 8.55. The Morgan fingerprint density at radius 1 is 1.14 bits per heavy atom. The van der Waals surface area contributed by atoms with Crippen molar-refractivity contribution in [2.45, 2.75) is 13.0 Å². The normalized spacial score (nSPS) is 10.8. The van der Waals surface area contributed by atoms with E-state index in [-0.39, 0.29) is 0 Å². The standard InChI is InChI=1S/C21H22N6O2/c1-26(11-12-27-10-9-22-15-27)20-8-5-17(14-23-20)21-24-19(25-29-21)13-16-3-6-18(28-2)7-4-16/h3-10,14-15H,11-13H2,1-2H3. The molecule has 3 heterocycles. The van der Waals surface area contributed by atoms with Crippen LogP contribution in [0.5, 0.6) is 5.75 Å². The Morgan fingerprint density at radius 2 is 2.00 bits per heavy atom. The summed E-state index contributed by atoms with van der Waals surface area (Å²) in [6, 6.07) is 11.7. The first-order valence-corrected chi connectivity index (χ1v) is 9.30. The molecule has 0 fully saturated rings. The number of hydrogen-bond donors (Lipinski definition) is 0. The van der Waals surface area contributed by atoms with E-state index in [1.54, 1.807) is 19.5 Å². The van der Waals surface area contributed by atoms with Crippen molar-refractivity contribution in [3.8, 4) is 17.2 Å². The lowest BCUT2D eigenvalue weighted by molar-refractivity contribution is 0.414. The largest absolute Gasteiger partial charge is 0.497 e. The molecular formula is C21H22N6O2. The summed E-state index contributed by atoms with van der Waals surface area (Å²) in [6.07, 6.45) is 7.89. The van der Waals surface area contributed by atoms with Gasteiger partial charge in [-0.05, 0) is 29.8 Å². The Kier molecular flexibility index (Phi) is 5.51. The lowest BCUT2D eigenvalue weighted by Gasteiger charge is -2.18. The highest BCUT2D eigenvalue weighted by Crippen LogP contribution is 2.20. The first-order valence-electron chi connectivity index (χ1n) is 9.30. The first-order chi connectivity index (χ1) is 14.2. The van der Waals surface area contributed by atoms with Gasteiger partial charge in [-0.1, -0.05) is 17.3 Å². The van der Waals surface area contributed by atoms with Crippen LogP contribution >= 0.6 is 0 Å². The van der Waals surface area contributed by atoms with Crippen molar-refractivity contribution in [2.24, 2.45) is 0 Å². The van der Waals surface area contributed by atoms with E-state index in [0.29, 0.717) is 18.1 Å². The summed E-state index contributed by atoms with van der Waals surface area (Å²) in [5.74, 6) is 2.80. The Labute approximate surface area is 168 Å². The number of aromatic nitrogens is 5. The number of nitrogens with zero attached hydrogens (tertiary/aromatic N) is 6. The van der Waals surface area contributed by atoms with Crippen LogP contribution in [0.15, 0.2) is 65.8 Å². The molecule has 0 unspecified atom stereocenters. The predicted molar refractivity (Wildman–Crippen MR) is 109 cm³/mol. The number of benzene rings is 1. The maximum atomic E-state index is 5.41. The van der Waals surface area contributed by atoms with E-state index in [1.807, 2.05) is 60.5 Å². The highest BCUT2D eigenvalue weighted by Gasteiger charge is 2.11. The molecule has 1 aromatic carbocycles. The monoisotopic (exact) mass is 390 g/mol. The van der Waals surface area contributed by atoms with Crippen molar-refractivity contribution in [1.29, 1.82) is 0 Å². The number of ether oxygens (including phenoxy) is 1. The smallest absolute Gasteiger partial charge is 0.259 e. The fraction of sp³-hybridized carbons (Fsp3) is 0.238. The molecule has 3 aromatic heterocycles. The van der Waals surface area contributed by atoms with Crippen LogP contribution in [-0.4, -0.2) is 45.4 Å². The van der Waals surface area contributed by atoms with E-state index >= 15 is 0 Å². The van der Waals surface area contributed by atoms with E-state index in [4.69, 9.17) is 9.26 Å². The van der Waals surface area contributed by atoms with Crippen molar-refractivity contribution < 1.29 is 9.26 Å². The molecule has 148 valence electrons. The number of methoxy groups -OCH3 is 1. The Bertz CT molecular complexity index is 1030. The average molecular weight is 390 g/mol. The molecule has 0 N–H and O–H groups in total. The highest BCUT2D eigenvalue weighted by molar-refractivity contribution is 5.54. The molecule has 0 spiro atoms. The molecule has 0 aliphatic heterocycles. The molecule has 29 heavy (non-hydrogen) atoms. The van der Waals surface area contributed by atoms with Gasteiger partial charge < -0.3 is 18.7 Å². The summed E-state index contributed by atoms with van der Waals surface area (Å²) in [4.78, 5) is 15.2. The molecule has 4 aromatic rings. The number of anilines is 1. The quantitative estimate of drug-likeness (QED) is 0.457. The number of hydrogen-bond acceptors (Lipinski definition) is 7. The van der Waals surface area contributed by atoms with Gasteiger partial charge in [0.1, 0.15) is 11.6 Å². The maximum absolute atomic E-state index is 5.41. The molecule has 8 heteroatoms. The van der Waals surface area contributed by atoms with E-state index in [2.05, 4.69) is 25.0 Å². The molecule has 8 nitrogen and oxygen atoms in total. The lowest BCUT2D eigenvalue weighted by atomic mass is 10.1. The topological polar surface area (TPSA) is 82.1 Å². The molecule has 0 saturated carbocycles. The van der Waals surface area contributed by atoms with E-state index < -0.39 is 0 Å². The van der Waals surface area contributed by atoms with Gasteiger partial charge in [0.15, 0.2) is 5.82 Å². The lowest BCUT2D eigenvalue weighted by Crippen LogP contribution is -2.23. The van der Waals surface area contributed by atoms with Gasteiger partial charge >= 0.3 is 0 Å². The van der Waals surface area contributed by atoms with Gasteiger partial charge in [0.05, 0.1) is 19.0 Å². The van der Waals surface area contributed by atoms with Gasteiger partial charge in [-0.25, -0.2) is 9.97 Å². The summed E-state index contributed by atoms with van der Waals surface area (Å²) in [6.45, 7) is 1.67. The van der Waals surface area contributed by atoms with Gasteiger partial charge in [0.2, 0.25) is 0 Å². The Morgan fingerprint density at radius 3 is 2.69 bits per heavy atom. The van der Waals surface area contributed by atoms with Crippen molar-refractivity contribution >= 4 is 5.82 Å². The predicted octanol–water partition coefficient (Wildman–Crippen LogP) is 3.06. The molecule has 0 aliphatic rings. The highest BCUT2D eigenvalue weighted by atomic mass is 16.5. The van der Waals surface area contributed by atoms with Gasteiger partial charge in [0.25, 0.3) is 5.89 Å². The molecule has 0 saturated heterocycles. The Hall–Kier alpha value is -3.68. The third-order valence-corrected chi connectivity index (χ3v) is 4.63. The molecule has 0 bridgehead atoms. The molecule has 0 amide bonds. The molecular weight excluding hydrogens is 368 g/mol. The van der Waals surface area contributed by atoms with Crippen LogP contribution < -0.4 is 9.64 Å². The zero-order valence-electron chi connectivity index (χ0n) is 16.4. The summed E-state index contributed by atoms with van der Waals surface area (Å²) >= 11 is 0. The third kappa shape index (κ3) is 4.60. The molecule has 0 aliphatic carbocycles. The molecule has 0 radical (unpaired) electrons. The molecule has 0 atom stereocenters. The maximum Gasteiger partial charge on any atom is 0.259 e. The van der Waals surface area contributed by atoms with Crippen molar-refractivity contribution in [2.75, 3.05) is 25.6 Å². The Balaban J connectivity index is 1.38. The van der Waals surface area contributed by atoms with E-state index in [0.717, 1.165) is 35.8 Å². The van der Waals surface area contributed by atoms with Crippen LogP contribution in [0.1, 0.15) is 11.4 Å². The van der Waals surface area contributed by atoms with Crippen LogP contribution in [0, 0.1) is 0 Å². The first kappa shape index (κ1) is 18.7. The van der Waals surface area contributed by atoms with Crippen molar-refractivity contribution in [3.63, 3.8) is 0 Å². The fourth-order valence-electron chi connectivity index (χ4n) is 2.91. The van der Waals surface area contributed by atoms with Crippen LogP contribution in [0.2, 0.25) is 0 Å². The summed E-state index contributed by atoms with van der Waals surface area (Å²) in [5, 5.41) is 4.08. The SMILES string of the molecule is COc1ccc(Cc2noc(-c3ccc(N(C)CCn4ccnc4)nc3)n2)cc1. The van der Waals surface area contributed by atoms with Crippen LogP contribution in [-0.2, 0) is 13.0 Å². The number of rotatable bonds is 8. The van der Waals surface area contributed by atoms with Crippen LogP contribution in [0.4, 0.5) is 5.82 Å². The fourth-order valence-corrected chi connectivity index (χ4v) is 2.91. The minimum atomic E-state index is 0.466. The summed E-state index contributed by atoms with van der Waals surface area (Å²) in [7, 11) is 3.66. The minimum Gasteiger partial charge on any atom is -0.497 e. The second-order valence-electron chi connectivity index (χ2n) is 6.67. The van der Waals surface area contributed by atoms with Gasteiger partial charge in [-0.15, -0.1) is 0 Å². The second-order valence-corrected chi connectivity index (χ2v) is 6.67. The summed E-state index contributed by atoms with van der Waals surface area (Å²) in [5.41, 5.74) is 1.89. The van der Waals surface area contributed by atoms with E-state index in [1.165, 1.54) is 0 Å². The summed E-state index contributed by atoms with van der Waals surface area (Å²) < 4.78 is 12.6. The van der Waals surface area contributed by atoms with Crippen LogP contribution in [0.3, 0.4) is 0 Å².